The molecule has 1 atom stereocenters. The Balaban J connectivity index is 1.68. The molecule has 2 aliphatic rings. The summed E-state index contributed by atoms with van der Waals surface area (Å²) < 4.78 is 5.72. The average Bonchev–Trinajstić information content (AvgIpc) is 2.85. The maximum absolute atomic E-state index is 6.16. The molecule has 0 saturated carbocycles. The van der Waals surface area contributed by atoms with Crippen molar-refractivity contribution in [3.8, 4) is 5.75 Å². The maximum Gasteiger partial charge on any atom is 0.127 e. The number of rotatable bonds is 3. The van der Waals surface area contributed by atoms with Crippen molar-refractivity contribution < 1.29 is 4.74 Å². The van der Waals surface area contributed by atoms with Gasteiger partial charge in [-0.05, 0) is 36.3 Å². The molecule has 1 aromatic carbocycles. The lowest BCUT2D eigenvalue weighted by atomic mass is 10.1. The van der Waals surface area contributed by atoms with E-state index in [9.17, 15) is 0 Å². The van der Waals surface area contributed by atoms with E-state index >= 15 is 0 Å². The number of ether oxygens (including phenoxy) is 1. The summed E-state index contributed by atoms with van der Waals surface area (Å²) in [5.41, 5.74) is 2.47. The van der Waals surface area contributed by atoms with Crippen molar-refractivity contribution in [1.82, 2.24) is 5.32 Å². The van der Waals surface area contributed by atoms with Crippen LogP contribution in [-0.2, 0) is 13.0 Å². The zero-order valence-corrected chi connectivity index (χ0v) is 11.9. The maximum atomic E-state index is 6.16. The minimum Gasteiger partial charge on any atom is -0.493 e. The third kappa shape index (κ3) is 2.79. The van der Waals surface area contributed by atoms with E-state index in [4.69, 9.17) is 16.3 Å². The van der Waals surface area contributed by atoms with Crippen molar-refractivity contribution in [3.05, 3.63) is 28.3 Å². The first-order chi connectivity index (χ1) is 8.83. The summed E-state index contributed by atoms with van der Waals surface area (Å²) in [6, 6.07) is 4.71. The van der Waals surface area contributed by atoms with Crippen LogP contribution in [0, 0.1) is 0 Å². The molecule has 1 N–H and O–H groups in total. The highest BCUT2D eigenvalue weighted by Crippen LogP contribution is 2.33. The van der Waals surface area contributed by atoms with E-state index in [1.807, 2.05) is 23.9 Å². The van der Waals surface area contributed by atoms with Gasteiger partial charge in [-0.1, -0.05) is 11.6 Å². The number of benzene rings is 1. The Morgan fingerprint density at radius 1 is 1.44 bits per heavy atom. The van der Waals surface area contributed by atoms with Crippen molar-refractivity contribution in [1.29, 1.82) is 0 Å². The second kappa shape index (κ2) is 5.72. The van der Waals surface area contributed by atoms with Crippen LogP contribution in [0.25, 0.3) is 0 Å². The van der Waals surface area contributed by atoms with Gasteiger partial charge in [-0.3, -0.25) is 0 Å². The Hall–Kier alpha value is -0.380. The number of nitrogens with one attached hydrogen (secondary N) is 1. The second-order valence-corrected chi connectivity index (χ2v) is 6.53. The summed E-state index contributed by atoms with van der Waals surface area (Å²) in [6.45, 7) is 1.66. The summed E-state index contributed by atoms with van der Waals surface area (Å²) >= 11 is 8.21. The first kappa shape index (κ1) is 12.6. The van der Waals surface area contributed by atoms with Crippen LogP contribution < -0.4 is 10.1 Å². The fourth-order valence-corrected chi connectivity index (χ4v) is 4.00. The highest BCUT2D eigenvalue weighted by molar-refractivity contribution is 7.99. The molecule has 1 fully saturated rings. The van der Waals surface area contributed by atoms with Crippen LogP contribution in [0.3, 0.4) is 0 Å². The molecule has 0 aliphatic carbocycles. The fourth-order valence-electron chi connectivity index (χ4n) is 2.63. The molecule has 1 unspecified atom stereocenters. The van der Waals surface area contributed by atoms with Gasteiger partial charge in [0.05, 0.1) is 6.61 Å². The van der Waals surface area contributed by atoms with E-state index < -0.39 is 0 Å². The van der Waals surface area contributed by atoms with Crippen LogP contribution in [-0.4, -0.2) is 24.2 Å². The Morgan fingerprint density at radius 2 is 2.39 bits per heavy atom. The van der Waals surface area contributed by atoms with Crippen molar-refractivity contribution in [2.45, 2.75) is 31.8 Å². The predicted molar refractivity (Wildman–Crippen MR) is 77.8 cm³/mol. The Bertz CT molecular complexity index is 432. The summed E-state index contributed by atoms with van der Waals surface area (Å²) in [6.07, 6.45) is 3.60. The molecule has 3 rings (SSSR count). The number of thioether (sulfide) groups is 1. The smallest absolute Gasteiger partial charge is 0.127 e. The van der Waals surface area contributed by atoms with Crippen LogP contribution >= 0.6 is 23.4 Å². The largest absolute Gasteiger partial charge is 0.493 e. The molecule has 0 spiro atoms. The minimum atomic E-state index is 0.639. The molecule has 0 amide bonds. The lowest BCUT2D eigenvalue weighted by molar-refractivity contribution is 0.351. The summed E-state index contributed by atoms with van der Waals surface area (Å²) in [5, 5.41) is 4.46. The molecule has 2 aliphatic heterocycles. The molecule has 2 nitrogen and oxygen atoms in total. The normalized spacial score (nSPS) is 22.6. The van der Waals surface area contributed by atoms with E-state index in [0.717, 1.165) is 30.3 Å². The third-order valence-corrected chi connectivity index (χ3v) is 5.00. The molecule has 1 aromatic rings. The van der Waals surface area contributed by atoms with Crippen molar-refractivity contribution in [3.63, 3.8) is 0 Å². The van der Waals surface area contributed by atoms with Crippen LogP contribution in [0.2, 0.25) is 5.02 Å². The Kier molecular flexibility index (Phi) is 4.02. The van der Waals surface area contributed by atoms with E-state index in [1.165, 1.54) is 35.5 Å². The van der Waals surface area contributed by atoms with Gasteiger partial charge in [-0.2, -0.15) is 11.8 Å². The molecule has 4 heteroatoms. The van der Waals surface area contributed by atoms with Gasteiger partial charge >= 0.3 is 0 Å². The number of hydrogen-bond donors (Lipinski definition) is 1. The number of halogens is 1. The van der Waals surface area contributed by atoms with Gasteiger partial charge in [0.25, 0.3) is 0 Å². The van der Waals surface area contributed by atoms with Gasteiger partial charge in [0.1, 0.15) is 5.75 Å². The van der Waals surface area contributed by atoms with Crippen LogP contribution in [0.1, 0.15) is 24.0 Å². The van der Waals surface area contributed by atoms with E-state index in [1.54, 1.807) is 0 Å². The van der Waals surface area contributed by atoms with E-state index in [-0.39, 0.29) is 0 Å². The summed E-state index contributed by atoms with van der Waals surface area (Å²) in [5.74, 6) is 3.60. The minimum absolute atomic E-state index is 0.639. The highest BCUT2D eigenvalue weighted by Gasteiger charge is 2.19. The van der Waals surface area contributed by atoms with Crippen LogP contribution in [0.15, 0.2) is 12.1 Å². The zero-order valence-electron chi connectivity index (χ0n) is 10.4. The third-order valence-electron chi connectivity index (χ3n) is 3.57. The Labute approximate surface area is 117 Å². The molecule has 2 heterocycles. The SMILES string of the molecule is Clc1cc2c(c(CNC3CCCSC3)c1)OCC2. The lowest BCUT2D eigenvalue weighted by Crippen LogP contribution is -2.33. The van der Waals surface area contributed by atoms with Gasteiger partial charge in [-0.15, -0.1) is 0 Å². The van der Waals surface area contributed by atoms with Crippen LogP contribution in [0.5, 0.6) is 5.75 Å². The second-order valence-electron chi connectivity index (χ2n) is 4.95. The molecule has 1 saturated heterocycles. The average molecular weight is 284 g/mol. The molecular formula is C14H18ClNOS. The fraction of sp³-hybridized carbons (Fsp3) is 0.571. The molecular weight excluding hydrogens is 266 g/mol. The van der Waals surface area contributed by atoms with E-state index in [2.05, 4.69) is 5.32 Å². The summed E-state index contributed by atoms with van der Waals surface area (Å²) in [7, 11) is 0. The zero-order chi connectivity index (χ0) is 12.4. The first-order valence-electron chi connectivity index (χ1n) is 6.58. The standard InChI is InChI=1S/C14H18ClNOS/c15-12-6-10-3-4-17-14(10)11(7-12)8-16-13-2-1-5-18-9-13/h6-7,13,16H,1-5,8-9H2. The summed E-state index contributed by atoms with van der Waals surface area (Å²) in [4.78, 5) is 0. The van der Waals surface area contributed by atoms with Gasteiger partial charge < -0.3 is 10.1 Å². The topological polar surface area (TPSA) is 21.3 Å². The van der Waals surface area contributed by atoms with Gasteiger partial charge in [0.2, 0.25) is 0 Å². The van der Waals surface area contributed by atoms with Crippen LogP contribution in [0.4, 0.5) is 0 Å². The van der Waals surface area contributed by atoms with Crippen molar-refractivity contribution in [2.24, 2.45) is 0 Å². The van der Waals surface area contributed by atoms with Gasteiger partial charge in [-0.25, -0.2) is 0 Å². The highest BCUT2D eigenvalue weighted by atomic mass is 35.5. The van der Waals surface area contributed by atoms with Gasteiger partial charge in [0.15, 0.2) is 0 Å². The lowest BCUT2D eigenvalue weighted by Gasteiger charge is -2.23. The molecule has 0 radical (unpaired) electrons. The molecule has 0 bridgehead atoms. The number of fused-ring (bicyclic) bond motifs is 1. The predicted octanol–water partition coefficient (Wildman–Crippen LogP) is 3.26. The number of hydrogen-bond acceptors (Lipinski definition) is 3. The molecule has 98 valence electrons. The van der Waals surface area contributed by atoms with Crippen molar-refractivity contribution >= 4 is 23.4 Å². The van der Waals surface area contributed by atoms with Crippen molar-refractivity contribution in [2.75, 3.05) is 18.1 Å². The molecule has 18 heavy (non-hydrogen) atoms. The first-order valence-corrected chi connectivity index (χ1v) is 8.11. The van der Waals surface area contributed by atoms with Gasteiger partial charge in [0, 0.05) is 35.3 Å². The monoisotopic (exact) mass is 283 g/mol. The van der Waals surface area contributed by atoms with E-state index in [0.29, 0.717) is 6.04 Å². The Morgan fingerprint density at radius 3 is 3.22 bits per heavy atom. The molecule has 0 aromatic heterocycles. The quantitative estimate of drug-likeness (QED) is 0.920.